The number of hydrogen-bond acceptors (Lipinski definition) is 7. The largest absolute Gasteiger partial charge is 0.462 e. The Morgan fingerprint density at radius 1 is 1.26 bits per heavy atom. The number of ether oxygens (including phenoxy) is 2. The third kappa shape index (κ3) is 4.29. The van der Waals surface area contributed by atoms with Gasteiger partial charge in [0, 0.05) is 38.3 Å². The van der Waals surface area contributed by atoms with Gasteiger partial charge in [-0.2, -0.15) is 4.98 Å². The molecule has 0 atom stereocenters. The molecule has 0 saturated carbocycles. The van der Waals surface area contributed by atoms with E-state index >= 15 is 0 Å². The molecular weight excluding hydrogens is 396 g/mol. The predicted molar refractivity (Wildman–Crippen MR) is 118 cm³/mol. The van der Waals surface area contributed by atoms with Gasteiger partial charge in [-0.15, -0.1) is 0 Å². The summed E-state index contributed by atoms with van der Waals surface area (Å²) >= 11 is 0. The van der Waals surface area contributed by atoms with E-state index in [1.54, 1.807) is 18.6 Å². The molecule has 1 aromatic carbocycles. The number of pyridine rings is 1. The molecular formula is C23H26N4O4. The first-order valence-electron chi connectivity index (χ1n) is 10.6. The van der Waals surface area contributed by atoms with Crippen molar-refractivity contribution >= 4 is 23.0 Å². The van der Waals surface area contributed by atoms with Crippen LogP contribution in [0.1, 0.15) is 41.3 Å². The summed E-state index contributed by atoms with van der Waals surface area (Å²) in [7, 11) is 1.66. The first kappa shape index (κ1) is 21.0. The normalized spacial score (nSPS) is 12.7. The van der Waals surface area contributed by atoms with E-state index < -0.39 is 11.4 Å². The number of hydrogen-bond donors (Lipinski definition) is 1. The number of methoxy groups -OCH3 is 1. The summed E-state index contributed by atoms with van der Waals surface area (Å²) in [5, 5.41) is 3.43. The van der Waals surface area contributed by atoms with Gasteiger partial charge in [0.25, 0.3) is 0 Å². The zero-order valence-electron chi connectivity index (χ0n) is 17.8. The molecule has 2 heterocycles. The van der Waals surface area contributed by atoms with Crippen molar-refractivity contribution in [1.29, 1.82) is 0 Å². The number of fused-ring (bicyclic) bond motifs is 2. The van der Waals surface area contributed by atoms with Crippen molar-refractivity contribution in [1.82, 2.24) is 14.5 Å². The molecule has 3 aromatic rings. The summed E-state index contributed by atoms with van der Waals surface area (Å²) in [6, 6.07) is 6.21. The van der Waals surface area contributed by atoms with Crippen LogP contribution < -0.4 is 10.7 Å². The fraction of sp³-hybridized carbons (Fsp3) is 0.391. The van der Waals surface area contributed by atoms with E-state index in [0.717, 1.165) is 31.4 Å². The fourth-order valence-electron chi connectivity index (χ4n) is 3.87. The lowest BCUT2D eigenvalue weighted by Gasteiger charge is -2.14. The second kappa shape index (κ2) is 9.26. The molecule has 162 valence electrons. The van der Waals surface area contributed by atoms with Crippen molar-refractivity contribution in [2.24, 2.45) is 0 Å². The molecule has 8 heteroatoms. The van der Waals surface area contributed by atoms with Gasteiger partial charge in [-0.05, 0) is 55.9 Å². The number of benzene rings is 1. The van der Waals surface area contributed by atoms with Gasteiger partial charge in [0.05, 0.1) is 12.0 Å². The van der Waals surface area contributed by atoms with Crippen molar-refractivity contribution in [3.63, 3.8) is 0 Å². The summed E-state index contributed by atoms with van der Waals surface area (Å²) < 4.78 is 12.0. The monoisotopic (exact) mass is 422 g/mol. The molecule has 0 fully saturated rings. The summed E-state index contributed by atoms with van der Waals surface area (Å²) in [5.41, 5.74) is 3.46. The summed E-state index contributed by atoms with van der Waals surface area (Å²) in [6.07, 6.45) is 7.03. The van der Waals surface area contributed by atoms with E-state index in [4.69, 9.17) is 9.47 Å². The quantitative estimate of drug-likeness (QED) is 0.440. The van der Waals surface area contributed by atoms with E-state index in [9.17, 15) is 9.59 Å². The minimum atomic E-state index is -0.647. The van der Waals surface area contributed by atoms with Gasteiger partial charge >= 0.3 is 5.97 Å². The number of aryl methyl sites for hydroxylation is 2. The van der Waals surface area contributed by atoms with E-state index in [1.165, 1.54) is 23.5 Å². The highest BCUT2D eigenvalue weighted by Gasteiger charge is 2.20. The average Bonchev–Trinajstić information content (AvgIpc) is 3.25. The average molecular weight is 422 g/mol. The molecule has 8 nitrogen and oxygen atoms in total. The highest BCUT2D eigenvalue weighted by molar-refractivity contribution is 5.93. The first-order valence-corrected chi connectivity index (χ1v) is 10.6. The van der Waals surface area contributed by atoms with E-state index in [2.05, 4.69) is 27.4 Å². The molecule has 0 radical (unpaired) electrons. The maximum Gasteiger partial charge on any atom is 0.343 e. The standard InChI is InChI=1S/C23H26N4O4/c1-3-31-22(29)19-14-27(17-9-8-15-6-4-7-16(15)12-17)21-18(20(19)28)13-25-23(26-21)24-10-5-11-30-2/h8-9,12-14H,3-7,10-11H2,1-2H3,(H,24,25,26). The van der Waals surface area contributed by atoms with Crippen molar-refractivity contribution in [2.75, 3.05) is 32.2 Å². The Bertz CT molecular complexity index is 1170. The van der Waals surface area contributed by atoms with Crippen LogP contribution in [-0.4, -0.2) is 47.4 Å². The van der Waals surface area contributed by atoms with Crippen molar-refractivity contribution in [3.05, 3.63) is 57.5 Å². The number of nitrogens with one attached hydrogen (secondary N) is 1. The smallest absolute Gasteiger partial charge is 0.343 e. The van der Waals surface area contributed by atoms with Gasteiger partial charge in [-0.3, -0.25) is 4.79 Å². The minimum absolute atomic E-state index is 0.0285. The minimum Gasteiger partial charge on any atom is -0.462 e. The van der Waals surface area contributed by atoms with Crippen LogP contribution in [-0.2, 0) is 22.3 Å². The number of aromatic nitrogens is 3. The lowest BCUT2D eigenvalue weighted by atomic mass is 10.1. The van der Waals surface area contributed by atoms with Gasteiger partial charge in [0.15, 0.2) is 5.65 Å². The van der Waals surface area contributed by atoms with Crippen molar-refractivity contribution < 1.29 is 14.3 Å². The maximum atomic E-state index is 13.0. The Balaban J connectivity index is 1.84. The molecule has 0 spiro atoms. The molecule has 0 unspecified atom stereocenters. The van der Waals surface area contributed by atoms with Crippen LogP contribution in [0.25, 0.3) is 16.7 Å². The van der Waals surface area contributed by atoms with Crippen LogP contribution >= 0.6 is 0 Å². The number of esters is 1. The SMILES string of the molecule is CCOC(=O)c1cn(-c2ccc3c(c2)CCC3)c2nc(NCCCOC)ncc2c1=O. The van der Waals surface area contributed by atoms with Crippen LogP contribution in [0.4, 0.5) is 5.95 Å². The number of carbonyl (C=O) groups excluding carboxylic acids is 1. The fourth-order valence-corrected chi connectivity index (χ4v) is 3.87. The molecule has 2 aromatic heterocycles. The molecule has 1 aliphatic carbocycles. The second-order valence-corrected chi connectivity index (χ2v) is 7.47. The molecule has 1 aliphatic rings. The van der Waals surface area contributed by atoms with Crippen LogP contribution in [0.2, 0.25) is 0 Å². The molecule has 1 N–H and O–H groups in total. The maximum absolute atomic E-state index is 13.0. The van der Waals surface area contributed by atoms with E-state index in [-0.39, 0.29) is 17.6 Å². The zero-order chi connectivity index (χ0) is 21.8. The van der Waals surface area contributed by atoms with Gasteiger partial charge in [0.2, 0.25) is 11.4 Å². The number of anilines is 1. The Labute approximate surface area is 180 Å². The molecule has 0 amide bonds. The predicted octanol–water partition coefficient (Wildman–Crippen LogP) is 2.89. The van der Waals surface area contributed by atoms with Crippen LogP contribution in [0.5, 0.6) is 0 Å². The molecule has 0 aliphatic heterocycles. The Kier molecular flexibility index (Phi) is 6.27. The molecule has 31 heavy (non-hydrogen) atoms. The van der Waals surface area contributed by atoms with Crippen LogP contribution in [0, 0.1) is 0 Å². The number of carbonyl (C=O) groups is 1. The van der Waals surface area contributed by atoms with Crippen LogP contribution in [0.15, 0.2) is 35.4 Å². The number of rotatable bonds is 8. The van der Waals surface area contributed by atoms with E-state index in [1.807, 2.05) is 6.07 Å². The van der Waals surface area contributed by atoms with Crippen molar-refractivity contribution in [3.8, 4) is 5.69 Å². The number of nitrogens with zero attached hydrogens (tertiary/aromatic N) is 3. The van der Waals surface area contributed by atoms with Gasteiger partial charge < -0.3 is 19.4 Å². The zero-order valence-corrected chi connectivity index (χ0v) is 17.8. The Morgan fingerprint density at radius 3 is 2.90 bits per heavy atom. The lowest BCUT2D eigenvalue weighted by Crippen LogP contribution is -2.22. The Morgan fingerprint density at radius 2 is 2.10 bits per heavy atom. The van der Waals surface area contributed by atoms with Gasteiger partial charge in [-0.1, -0.05) is 6.07 Å². The third-order valence-electron chi connectivity index (χ3n) is 5.41. The topological polar surface area (TPSA) is 95.3 Å². The summed E-state index contributed by atoms with van der Waals surface area (Å²) in [6.45, 7) is 3.17. The Hall–Kier alpha value is -3.26. The first-order chi connectivity index (χ1) is 15.1. The van der Waals surface area contributed by atoms with Gasteiger partial charge in [0.1, 0.15) is 5.56 Å². The second-order valence-electron chi connectivity index (χ2n) is 7.47. The molecule has 0 saturated heterocycles. The van der Waals surface area contributed by atoms with Crippen molar-refractivity contribution in [2.45, 2.75) is 32.6 Å². The van der Waals surface area contributed by atoms with E-state index in [0.29, 0.717) is 24.7 Å². The highest BCUT2D eigenvalue weighted by Crippen LogP contribution is 2.26. The summed E-state index contributed by atoms with van der Waals surface area (Å²) in [4.78, 5) is 34.3. The summed E-state index contributed by atoms with van der Waals surface area (Å²) in [5.74, 6) is -0.229. The lowest BCUT2D eigenvalue weighted by molar-refractivity contribution is 0.0524. The molecule has 4 rings (SSSR count). The van der Waals surface area contributed by atoms with Gasteiger partial charge in [-0.25, -0.2) is 9.78 Å². The van der Waals surface area contributed by atoms with Crippen LogP contribution in [0.3, 0.4) is 0 Å². The third-order valence-corrected chi connectivity index (χ3v) is 5.41. The molecule has 0 bridgehead atoms. The highest BCUT2D eigenvalue weighted by atomic mass is 16.5.